The minimum atomic E-state index is -0.508. The quantitative estimate of drug-likeness (QED) is 0.415. The molecule has 0 amide bonds. The van der Waals surface area contributed by atoms with Crippen molar-refractivity contribution in [1.82, 2.24) is 0 Å². The number of furan rings is 1. The van der Waals surface area contributed by atoms with Gasteiger partial charge in [0.05, 0.1) is 12.2 Å². The lowest BCUT2D eigenvalue weighted by atomic mass is 10.1. The molecule has 0 aliphatic rings. The molecule has 0 saturated heterocycles. The van der Waals surface area contributed by atoms with E-state index < -0.39 is 11.6 Å². The van der Waals surface area contributed by atoms with E-state index in [0.29, 0.717) is 0 Å². The molecule has 0 fully saturated rings. The van der Waals surface area contributed by atoms with Gasteiger partial charge in [0.15, 0.2) is 0 Å². The summed E-state index contributed by atoms with van der Waals surface area (Å²) >= 11 is 0. The van der Waals surface area contributed by atoms with Gasteiger partial charge in [-0.2, -0.15) is 0 Å². The molecule has 0 aliphatic heterocycles. The summed E-state index contributed by atoms with van der Waals surface area (Å²) in [4.78, 5) is 11.3. The monoisotopic (exact) mass is 220 g/mol. The van der Waals surface area contributed by atoms with Crippen molar-refractivity contribution in [3.8, 4) is 11.8 Å². The highest BCUT2D eigenvalue weighted by atomic mass is 16.6. The molecule has 1 heterocycles. The number of esters is 1. The summed E-state index contributed by atoms with van der Waals surface area (Å²) in [6.45, 7) is 7.30. The van der Waals surface area contributed by atoms with Crippen molar-refractivity contribution in [3.63, 3.8) is 0 Å². The minimum Gasteiger partial charge on any atom is -0.468 e. The zero-order valence-corrected chi connectivity index (χ0v) is 10.0. The third-order valence-corrected chi connectivity index (χ3v) is 1.76. The van der Waals surface area contributed by atoms with Crippen LogP contribution in [0.1, 0.15) is 39.4 Å². The van der Waals surface area contributed by atoms with Crippen molar-refractivity contribution in [1.29, 1.82) is 0 Å². The summed E-state index contributed by atoms with van der Waals surface area (Å²) in [6, 6.07) is 3.62. The van der Waals surface area contributed by atoms with Crippen LogP contribution in [-0.4, -0.2) is 11.6 Å². The zero-order valence-electron chi connectivity index (χ0n) is 10.0. The van der Waals surface area contributed by atoms with Gasteiger partial charge in [-0.15, -0.1) is 0 Å². The Balaban J connectivity index is 2.58. The molecule has 0 aliphatic carbocycles. The topological polar surface area (TPSA) is 39.4 Å². The number of ether oxygens (including phenoxy) is 1. The Labute approximate surface area is 95.8 Å². The Morgan fingerprint density at radius 2 is 2.19 bits per heavy atom. The predicted molar refractivity (Wildman–Crippen MR) is 60.7 cm³/mol. The summed E-state index contributed by atoms with van der Waals surface area (Å²) in [5.74, 6) is 5.37. The van der Waals surface area contributed by atoms with Crippen LogP contribution in [0.15, 0.2) is 22.8 Å². The van der Waals surface area contributed by atoms with Crippen molar-refractivity contribution in [2.24, 2.45) is 0 Å². The van der Waals surface area contributed by atoms with Gasteiger partial charge in [0, 0.05) is 5.92 Å². The highest BCUT2D eigenvalue weighted by Crippen LogP contribution is 2.14. The van der Waals surface area contributed by atoms with Gasteiger partial charge in [-0.1, -0.05) is 5.92 Å². The van der Waals surface area contributed by atoms with Gasteiger partial charge in [-0.05, 0) is 39.8 Å². The van der Waals surface area contributed by atoms with Gasteiger partial charge >= 0.3 is 5.97 Å². The van der Waals surface area contributed by atoms with E-state index in [-0.39, 0.29) is 5.92 Å². The molecular weight excluding hydrogens is 204 g/mol. The largest absolute Gasteiger partial charge is 0.468 e. The summed E-state index contributed by atoms with van der Waals surface area (Å²) in [6.07, 6.45) is 1.58. The summed E-state index contributed by atoms with van der Waals surface area (Å²) < 4.78 is 10.2. The maximum absolute atomic E-state index is 11.3. The number of carbonyl (C=O) groups is 1. The lowest BCUT2D eigenvalue weighted by Crippen LogP contribution is -2.22. The van der Waals surface area contributed by atoms with Crippen molar-refractivity contribution < 1.29 is 13.9 Å². The van der Waals surface area contributed by atoms with Gasteiger partial charge in [-0.25, -0.2) is 4.79 Å². The van der Waals surface area contributed by atoms with Crippen molar-refractivity contribution in [3.05, 3.63) is 24.2 Å². The molecule has 3 nitrogen and oxygen atoms in total. The predicted octanol–water partition coefficient (Wildman–Crippen LogP) is 2.73. The molecule has 0 N–H and O–H groups in total. The van der Waals surface area contributed by atoms with Gasteiger partial charge in [0.1, 0.15) is 11.4 Å². The van der Waals surface area contributed by atoms with Crippen molar-refractivity contribution in [2.45, 2.75) is 39.2 Å². The van der Waals surface area contributed by atoms with Crippen LogP contribution in [0.3, 0.4) is 0 Å². The Morgan fingerprint density at radius 1 is 1.50 bits per heavy atom. The maximum atomic E-state index is 11.3. The Morgan fingerprint density at radius 3 is 2.69 bits per heavy atom. The lowest BCUT2D eigenvalue weighted by Gasteiger charge is -2.16. The molecule has 1 unspecified atom stereocenters. The fourth-order valence-corrected chi connectivity index (χ4v) is 1.08. The van der Waals surface area contributed by atoms with Gasteiger partial charge in [0.25, 0.3) is 0 Å². The van der Waals surface area contributed by atoms with E-state index in [1.807, 2.05) is 33.8 Å². The van der Waals surface area contributed by atoms with E-state index in [2.05, 4.69) is 11.8 Å². The number of carbonyl (C=O) groups excluding carboxylic acids is 1. The molecule has 1 aromatic heterocycles. The Kier molecular flexibility index (Phi) is 3.78. The highest BCUT2D eigenvalue weighted by molar-refractivity contribution is 5.88. The second-order valence-corrected chi connectivity index (χ2v) is 4.51. The Hall–Kier alpha value is -1.69. The van der Waals surface area contributed by atoms with E-state index in [4.69, 9.17) is 9.15 Å². The number of hydrogen-bond acceptors (Lipinski definition) is 3. The molecule has 0 saturated carbocycles. The van der Waals surface area contributed by atoms with Crippen LogP contribution in [0.4, 0.5) is 0 Å². The molecular formula is C13H16O3. The van der Waals surface area contributed by atoms with E-state index in [1.54, 1.807) is 12.3 Å². The van der Waals surface area contributed by atoms with Crippen LogP contribution in [0.5, 0.6) is 0 Å². The molecule has 0 bridgehead atoms. The van der Waals surface area contributed by atoms with Crippen LogP contribution in [-0.2, 0) is 9.53 Å². The van der Waals surface area contributed by atoms with Crippen LogP contribution in [0.2, 0.25) is 0 Å². The molecule has 1 aromatic rings. The summed E-state index contributed by atoms with van der Waals surface area (Å²) in [5, 5.41) is 0. The number of hydrogen-bond donors (Lipinski definition) is 0. The first-order valence-corrected chi connectivity index (χ1v) is 5.16. The van der Waals surface area contributed by atoms with Gasteiger partial charge in [0.2, 0.25) is 0 Å². The van der Waals surface area contributed by atoms with E-state index in [9.17, 15) is 4.79 Å². The zero-order chi connectivity index (χ0) is 12.2. The van der Waals surface area contributed by atoms with Gasteiger partial charge < -0.3 is 9.15 Å². The molecule has 86 valence electrons. The van der Waals surface area contributed by atoms with E-state index >= 15 is 0 Å². The first kappa shape index (κ1) is 12.4. The van der Waals surface area contributed by atoms with E-state index in [1.165, 1.54) is 0 Å². The SMILES string of the molecule is CC(C#CC(=O)OC(C)(C)C)c1ccco1. The average Bonchev–Trinajstić information content (AvgIpc) is 2.64. The van der Waals surface area contributed by atoms with E-state index in [0.717, 1.165) is 5.76 Å². The van der Waals surface area contributed by atoms with Gasteiger partial charge in [-0.3, -0.25) is 0 Å². The second-order valence-electron chi connectivity index (χ2n) is 4.51. The fourth-order valence-electron chi connectivity index (χ4n) is 1.08. The van der Waals surface area contributed by atoms with Crippen LogP contribution < -0.4 is 0 Å². The third-order valence-electron chi connectivity index (χ3n) is 1.76. The fraction of sp³-hybridized carbons (Fsp3) is 0.462. The average molecular weight is 220 g/mol. The second kappa shape index (κ2) is 4.89. The Bertz CT molecular complexity index is 399. The lowest BCUT2D eigenvalue weighted by molar-refractivity contribution is -0.147. The van der Waals surface area contributed by atoms with Crippen LogP contribution in [0, 0.1) is 11.8 Å². The first-order valence-electron chi connectivity index (χ1n) is 5.16. The molecule has 0 aromatic carbocycles. The summed E-state index contributed by atoms with van der Waals surface area (Å²) in [7, 11) is 0. The minimum absolute atomic E-state index is 0.109. The van der Waals surface area contributed by atoms with Crippen molar-refractivity contribution in [2.75, 3.05) is 0 Å². The van der Waals surface area contributed by atoms with Crippen LogP contribution >= 0.6 is 0 Å². The smallest absolute Gasteiger partial charge is 0.384 e. The number of rotatable bonds is 1. The van der Waals surface area contributed by atoms with Crippen molar-refractivity contribution >= 4 is 5.97 Å². The third kappa shape index (κ3) is 4.22. The molecule has 0 spiro atoms. The molecule has 1 rings (SSSR count). The maximum Gasteiger partial charge on any atom is 0.384 e. The normalized spacial score (nSPS) is 12.5. The highest BCUT2D eigenvalue weighted by Gasteiger charge is 2.14. The standard InChI is InChI=1S/C13H16O3/c1-10(11-6-5-9-15-11)7-8-12(14)16-13(2,3)4/h5-6,9-10H,1-4H3. The molecule has 3 heteroatoms. The molecule has 0 radical (unpaired) electrons. The van der Waals surface area contributed by atoms with Crippen LogP contribution in [0.25, 0.3) is 0 Å². The molecule has 16 heavy (non-hydrogen) atoms. The summed E-state index contributed by atoms with van der Waals surface area (Å²) in [5.41, 5.74) is -0.500. The first-order chi connectivity index (χ1) is 7.38. The molecule has 1 atom stereocenters.